The fourth-order valence-electron chi connectivity index (χ4n) is 6.11. The lowest BCUT2D eigenvalue weighted by Crippen LogP contribution is -2.62. The van der Waals surface area contributed by atoms with E-state index >= 15 is 0 Å². The molecule has 2 aliphatic carbocycles. The number of carbonyl (C=O) groups is 3. The molecule has 1 saturated heterocycles. The van der Waals surface area contributed by atoms with Crippen molar-refractivity contribution >= 4 is 25.6 Å². The maximum atomic E-state index is 12.3. The van der Waals surface area contributed by atoms with Crippen LogP contribution in [0.25, 0.3) is 0 Å². The summed E-state index contributed by atoms with van der Waals surface area (Å²) in [7, 11) is 6.30. The minimum absolute atomic E-state index is 0.0362. The fraction of sp³-hybridized carbons (Fsp3) is 0.679. The van der Waals surface area contributed by atoms with Gasteiger partial charge in [-0.25, -0.2) is 0 Å². The largest absolute Gasteiger partial charge is 0.322 e. The number of piperidine rings is 1. The quantitative estimate of drug-likeness (QED) is 0.499. The molecule has 2 radical (unpaired) electrons. The molecule has 190 valence electrons. The number of rotatable bonds is 3. The van der Waals surface area contributed by atoms with Crippen molar-refractivity contribution in [3.8, 4) is 0 Å². The molecule has 4 aliphatic rings. The summed E-state index contributed by atoms with van der Waals surface area (Å²) in [5.74, 6) is -0.750. The van der Waals surface area contributed by atoms with E-state index in [1.807, 2.05) is 32.9 Å². The summed E-state index contributed by atoms with van der Waals surface area (Å²) in [5, 5.41) is 5.96. The number of imide groups is 1. The molecule has 0 aromatic heterocycles. The van der Waals surface area contributed by atoms with E-state index in [-0.39, 0.29) is 29.6 Å². The van der Waals surface area contributed by atoms with Crippen LogP contribution in [0.1, 0.15) is 107 Å². The Balaban J connectivity index is 0.000000190. The van der Waals surface area contributed by atoms with Gasteiger partial charge in [-0.1, -0.05) is 64.7 Å². The minimum atomic E-state index is -0.530. The minimum Gasteiger partial charge on any atom is -0.322 e. The van der Waals surface area contributed by atoms with E-state index in [1.165, 1.54) is 32.1 Å². The van der Waals surface area contributed by atoms with Gasteiger partial charge in [0.2, 0.25) is 11.8 Å². The van der Waals surface area contributed by atoms with Gasteiger partial charge in [0.15, 0.2) is 0 Å². The molecule has 1 atom stereocenters. The van der Waals surface area contributed by atoms with Gasteiger partial charge >= 0.3 is 0 Å². The van der Waals surface area contributed by atoms with Gasteiger partial charge in [0.05, 0.1) is 7.85 Å². The predicted molar refractivity (Wildman–Crippen MR) is 140 cm³/mol. The van der Waals surface area contributed by atoms with Gasteiger partial charge < -0.3 is 10.2 Å². The lowest BCUT2D eigenvalue weighted by Gasteiger charge is -2.54. The Hall–Kier alpha value is -2.15. The number of fused-ring (bicyclic) bond motifs is 1. The second-order valence-corrected chi connectivity index (χ2v) is 11.2. The number of benzene rings is 1. The summed E-state index contributed by atoms with van der Waals surface area (Å²) in [6.45, 7) is 11.0. The van der Waals surface area contributed by atoms with Crippen LogP contribution in [0.2, 0.25) is 0 Å². The molecule has 0 bridgehead atoms. The Morgan fingerprint density at radius 1 is 1.03 bits per heavy atom. The maximum Gasteiger partial charge on any atom is 0.255 e. The Morgan fingerprint density at radius 2 is 1.69 bits per heavy atom. The van der Waals surface area contributed by atoms with Crippen molar-refractivity contribution in [1.29, 1.82) is 0 Å². The summed E-state index contributed by atoms with van der Waals surface area (Å²) >= 11 is 0. The zero-order valence-corrected chi connectivity index (χ0v) is 22.2. The van der Waals surface area contributed by atoms with Crippen LogP contribution >= 0.6 is 0 Å². The molecule has 2 N–H and O–H groups in total. The normalized spacial score (nSPS) is 24.8. The van der Waals surface area contributed by atoms with Crippen LogP contribution in [-0.2, 0) is 16.1 Å². The Labute approximate surface area is 212 Å². The first-order chi connectivity index (χ1) is 16.6. The molecule has 7 heteroatoms. The zero-order chi connectivity index (χ0) is 25.8. The van der Waals surface area contributed by atoms with Crippen molar-refractivity contribution in [2.75, 3.05) is 0 Å². The second-order valence-electron chi connectivity index (χ2n) is 11.2. The summed E-state index contributed by atoms with van der Waals surface area (Å²) < 4.78 is 0. The third-order valence-electron chi connectivity index (χ3n) is 7.36. The van der Waals surface area contributed by atoms with Crippen LogP contribution in [0.15, 0.2) is 18.2 Å². The summed E-state index contributed by atoms with van der Waals surface area (Å²) in [6.07, 6.45) is 9.82. The predicted octanol–water partition coefficient (Wildman–Crippen LogP) is 4.38. The molecule has 3 fully saturated rings. The van der Waals surface area contributed by atoms with Gasteiger partial charge in [-0.15, -0.1) is 0 Å². The Bertz CT molecular complexity index is 931. The third kappa shape index (κ3) is 6.75. The number of nitrogens with one attached hydrogen (secondary N) is 2. The number of nitrogens with zero attached hydrogens (tertiary/aromatic N) is 1. The second kappa shape index (κ2) is 11.3. The summed E-state index contributed by atoms with van der Waals surface area (Å²) in [4.78, 5) is 36.8. The average Bonchev–Trinajstić information content (AvgIpc) is 3.10. The number of hydrogen-bond donors (Lipinski definition) is 2. The van der Waals surface area contributed by atoms with E-state index < -0.39 is 6.04 Å². The molecule has 0 spiro atoms. The van der Waals surface area contributed by atoms with E-state index in [1.54, 1.807) is 11.0 Å². The van der Waals surface area contributed by atoms with Gasteiger partial charge in [-0.05, 0) is 61.5 Å². The van der Waals surface area contributed by atoms with Crippen molar-refractivity contribution in [3.05, 3.63) is 34.9 Å². The van der Waals surface area contributed by atoms with Crippen LogP contribution in [0.3, 0.4) is 0 Å². The molecule has 35 heavy (non-hydrogen) atoms. The Kier molecular flexibility index (Phi) is 8.84. The fourth-order valence-corrected chi connectivity index (χ4v) is 6.11. The SMILES string of the molecule is CC.Cc1ccc2c(c1)CN(C1CCC(=O)NC1=O)C2=O.[B]C1(NC2CCCCC2)CC(C)(C)C1. The van der Waals surface area contributed by atoms with E-state index in [9.17, 15) is 14.4 Å². The van der Waals surface area contributed by atoms with Crippen molar-refractivity contribution in [1.82, 2.24) is 15.5 Å². The van der Waals surface area contributed by atoms with Crippen molar-refractivity contribution < 1.29 is 14.4 Å². The molecule has 2 aliphatic heterocycles. The van der Waals surface area contributed by atoms with Crippen LogP contribution in [0.4, 0.5) is 0 Å². The van der Waals surface area contributed by atoms with E-state index in [4.69, 9.17) is 7.85 Å². The number of aryl methyl sites for hydroxylation is 1. The van der Waals surface area contributed by atoms with Crippen LogP contribution in [0, 0.1) is 12.3 Å². The monoisotopic (exact) mass is 479 g/mol. The first-order valence-electron chi connectivity index (χ1n) is 13.4. The van der Waals surface area contributed by atoms with E-state index in [2.05, 4.69) is 24.5 Å². The van der Waals surface area contributed by atoms with Gasteiger partial charge in [-0.3, -0.25) is 19.7 Å². The molecule has 1 aromatic carbocycles. The first kappa shape index (κ1) is 27.4. The van der Waals surface area contributed by atoms with Crippen molar-refractivity contribution in [2.24, 2.45) is 5.41 Å². The Morgan fingerprint density at radius 3 is 2.29 bits per heavy atom. The molecular weight excluding hydrogens is 437 g/mol. The molecule has 6 nitrogen and oxygen atoms in total. The van der Waals surface area contributed by atoms with Gasteiger partial charge in [0.25, 0.3) is 5.91 Å². The highest BCUT2D eigenvalue weighted by Crippen LogP contribution is 2.46. The zero-order valence-electron chi connectivity index (χ0n) is 22.2. The number of amides is 3. The van der Waals surface area contributed by atoms with Crippen LogP contribution in [0.5, 0.6) is 0 Å². The van der Waals surface area contributed by atoms with Crippen LogP contribution < -0.4 is 10.6 Å². The van der Waals surface area contributed by atoms with Gasteiger partial charge in [0.1, 0.15) is 6.04 Å². The van der Waals surface area contributed by atoms with Crippen molar-refractivity contribution in [2.45, 2.75) is 116 Å². The first-order valence-corrected chi connectivity index (χ1v) is 13.4. The van der Waals surface area contributed by atoms with Crippen molar-refractivity contribution in [3.63, 3.8) is 0 Å². The summed E-state index contributed by atoms with van der Waals surface area (Å²) in [5.41, 5.74) is 3.14. The number of carbonyl (C=O) groups excluding carboxylic acids is 3. The summed E-state index contributed by atoms with van der Waals surface area (Å²) in [6, 6.07) is 5.84. The smallest absolute Gasteiger partial charge is 0.255 e. The average molecular weight is 479 g/mol. The molecule has 2 heterocycles. The molecule has 2 saturated carbocycles. The van der Waals surface area contributed by atoms with Gasteiger partial charge in [0, 0.05) is 24.6 Å². The maximum absolute atomic E-state index is 12.3. The molecule has 1 aromatic rings. The van der Waals surface area contributed by atoms with E-state index in [0.717, 1.165) is 24.0 Å². The lowest BCUT2D eigenvalue weighted by molar-refractivity contribution is -0.136. The van der Waals surface area contributed by atoms with Gasteiger partial charge in [-0.2, -0.15) is 0 Å². The highest BCUT2D eigenvalue weighted by molar-refractivity contribution is 6.16. The third-order valence-corrected chi connectivity index (χ3v) is 7.36. The standard InChI is InChI=1S/C14H14N2O3.C12H22BN.C2H6/c1-8-2-3-10-9(6-8)7-16(14(10)19)11-4-5-12(17)15-13(11)18;1-11(2)8-12(13,9-11)14-10-6-4-3-5-7-10;1-2/h2-3,6,11H,4-5,7H2,1H3,(H,15,17,18);10,14H,3-9H2,1-2H3;1-2H3. The lowest BCUT2D eigenvalue weighted by atomic mass is 9.50. The molecule has 5 rings (SSSR count). The van der Waals surface area contributed by atoms with Crippen LogP contribution in [-0.4, -0.2) is 48.0 Å². The number of hydrogen-bond acceptors (Lipinski definition) is 4. The molecule has 3 amide bonds. The highest BCUT2D eigenvalue weighted by Gasteiger charge is 2.45. The highest BCUT2D eigenvalue weighted by atomic mass is 16.2. The molecule has 1 unspecified atom stereocenters. The van der Waals surface area contributed by atoms with E-state index in [0.29, 0.717) is 30.0 Å². The molecular formula is C28H42BN3O3. The topological polar surface area (TPSA) is 78.5 Å².